The van der Waals surface area contributed by atoms with Crippen LogP contribution in [0.1, 0.15) is 44.4 Å². The van der Waals surface area contributed by atoms with Crippen LogP contribution in [0.5, 0.6) is 5.75 Å². The van der Waals surface area contributed by atoms with E-state index in [9.17, 15) is 6.85 Å². The Hall–Kier alpha value is -5.40. The molecule has 0 amide bonds. The van der Waals surface area contributed by atoms with Crippen molar-refractivity contribution in [3.8, 4) is 39.1 Å². The monoisotopic (exact) mass is 587 g/mol. The average Bonchev–Trinajstić information content (AvgIpc) is 3.64. The van der Waals surface area contributed by atoms with Crippen LogP contribution in [0.15, 0.2) is 164 Å². The van der Waals surface area contributed by atoms with E-state index in [2.05, 4.69) is 24.3 Å². The highest BCUT2D eigenvalue weighted by molar-refractivity contribution is 6.17. The van der Waals surface area contributed by atoms with Crippen LogP contribution in [-0.2, 0) is 0 Å². The van der Waals surface area contributed by atoms with Crippen molar-refractivity contribution in [3.05, 3.63) is 175 Å². The zero-order valence-corrected chi connectivity index (χ0v) is 24.0. The second-order valence-electron chi connectivity index (χ2n) is 11.3. The molecule has 1 nitrogen and oxygen atoms in total. The average molecular weight is 588 g/mol. The quantitative estimate of drug-likeness (QED) is 0.147. The van der Waals surface area contributed by atoms with E-state index in [1.807, 2.05) is 78.9 Å². The lowest BCUT2D eigenvalue weighted by Gasteiger charge is -2.29. The van der Waals surface area contributed by atoms with Gasteiger partial charge in [-0.25, -0.2) is 0 Å². The summed E-state index contributed by atoms with van der Waals surface area (Å²) < 4.78 is 104. The molecule has 214 valence electrons. The first kappa shape index (κ1) is 17.2. The predicted molar refractivity (Wildman–Crippen MR) is 188 cm³/mol. The maximum absolute atomic E-state index is 9.91. The molecule has 0 radical (unpaired) electrons. The highest BCUT2D eigenvalue weighted by Crippen LogP contribution is 2.51. The minimum absolute atomic E-state index is 0.0744. The van der Waals surface area contributed by atoms with Gasteiger partial charge in [-0.3, -0.25) is 0 Å². The van der Waals surface area contributed by atoms with Gasteiger partial charge in [-0.05, 0) is 79.0 Å². The number of fused-ring (bicyclic) bond motifs is 5. The van der Waals surface area contributed by atoms with Gasteiger partial charge in [-0.15, -0.1) is 0 Å². The summed E-state index contributed by atoms with van der Waals surface area (Å²) in [4.78, 5) is 0. The van der Waals surface area contributed by atoms with Crippen molar-refractivity contribution >= 4 is 21.5 Å². The van der Waals surface area contributed by atoms with Crippen molar-refractivity contribution in [1.29, 1.82) is 0 Å². The van der Waals surface area contributed by atoms with Gasteiger partial charge >= 0.3 is 0 Å². The molecule has 0 bridgehead atoms. The number of hydrogen-bond donors (Lipinski definition) is 0. The van der Waals surface area contributed by atoms with Gasteiger partial charge in [0.2, 0.25) is 0 Å². The summed E-state index contributed by atoms with van der Waals surface area (Å²) in [5.74, 6) is -2.15. The molecular weight excluding hydrogens is 544 g/mol. The third kappa shape index (κ3) is 4.30. The summed E-state index contributed by atoms with van der Waals surface area (Å²) in [6.07, 6.45) is -2.39. The van der Waals surface area contributed by atoms with E-state index in [0.29, 0.717) is 5.56 Å². The summed E-state index contributed by atoms with van der Waals surface area (Å²) in [6, 6.07) is 29.3. The SMILES string of the molecule is [2H]C1=C([2H])C(c2c3ccccc3c(-c3ccccc3-c3ccccc3)c3ccccc23)C([2H])C2c3c([2H])c([2H])c(-c4c([2H])c([2H])c([2H])c([2H])c4[2H])c([2H])c3OC12. The molecule has 1 heterocycles. The Morgan fingerprint density at radius 1 is 0.578 bits per heavy atom. The van der Waals surface area contributed by atoms with E-state index in [1.54, 1.807) is 0 Å². The predicted octanol–water partition coefficient (Wildman–Crippen LogP) is 11.6. The van der Waals surface area contributed by atoms with Gasteiger partial charge in [0.15, 0.2) is 0 Å². The maximum Gasteiger partial charge on any atom is 0.124 e. The van der Waals surface area contributed by atoms with Crippen LogP contribution < -0.4 is 4.74 Å². The maximum atomic E-state index is 9.91. The molecule has 9 rings (SSSR count). The molecule has 0 N–H and O–H groups in total. The van der Waals surface area contributed by atoms with E-state index >= 15 is 0 Å². The Kier molecular flexibility index (Phi) is 4.06. The minimum Gasteiger partial charge on any atom is -0.485 e. The largest absolute Gasteiger partial charge is 0.485 e. The molecule has 2 aliphatic rings. The van der Waals surface area contributed by atoms with Crippen molar-refractivity contribution in [1.82, 2.24) is 0 Å². The van der Waals surface area contributed by atoms with Crippen LogP contribution >= 0.6 is 0 Å². The second-order valence-corrected chi connectivity index (χ2v) is 11.3. The molecule has 0 aromatic heterocycles. The summed E-state index contributed by atoms with van der Waals surface area (Å²) in [5, 5.41) is 3.44. The topological polar surface area (TPSA) is 9.23 Å². The molecule has 1 heteroatoms. The van der Waals surface area contributed by atoms with E-state index in [0.717, 1.165) is 43.8 Å². The number of hydrogen-bond acceptors (Lipinski definition) is 1. The van der Waals surface area contributed by atoms with Crippen molar-refractivity contribution < 1.29 is 19.8 Å². The Labute approximate surface area is 279 Å². The van der Waals surface area contributed by atoms with E-state index < -0.39 is 78.2 Å². The fourth-order valence-corrected chi connectivity index (χ4v) is 6.85. The standard InChI is InChI=1S/C44H32O/c1-3-13-29(14-4-1)31-23-25-34-40-27-32(24-26-41(40)45-42(34)28-31)43-36-19-9-11-21-38(36)44(39-22-12-10-20-37(39)43)35-18-8-7-17-33(35)30-15-5-2-6-16-30/h1-26,28,32,40-41H,27H2/i1D,3D,4D,13D,14D,23D,24D,25D,26D,27D,28D. The Morgan fingerprint density at radius 3 is 1.96 bits per heavy atom. The molecule has 7 aromatic carbocycles. The van der Waals surface area contributed by atoms with Crippen molar-refractivity contribution in [2.24, 2.45) is 0 Å². The van der Waals surface area contributed by atoms with Gasteiger partial charge in [0, 0.05) is 18.8 Å². The second kappa shape index (κ2) is 10.6. The highest BCUT2D eigenvalue weighted by Gasteiger charge is 2.38. The number of rotatable bonds is 4. The van der Waals surface area contributed by atoms with Crippen LogP contribution in [0.3, 0.4) is 0 Å². The zero-order chi connectivity index (χ0) is 39.3. The molecule has 4 atom stereocenters. The molecule has 0 fully saturated rings. The Morgan fingerprint density at radius 2 is 1.22 bits per heavy atom. The fraction of sp³-hybridized carbons (Fsp3) is 0.0909. The number of allylic oxidation sites excluding steroid dienone is 1. The van der Waals surface area contributed by atoms with Gasteiger partial charge in [0.25, 0.3) is 0 Å². The third-order valence-corrected chi connectivity index (χ3v) is 8.81. The number of benzene rings is 7. The first-order chi connectivity index (χ1) is 26.9. The van der Waals surface area contributed by atoms with Gasteiger partial charge in [0.1, 0.15) is 11.9 Å². The lowest BCUT2D eigenvalue weighted by Crippen LogP contribution is -2.22. The number of ether oxygens (including phenoxy) is 1. The van der Waals surface area contributed by atoms with E-state index in [1.165, 1.54) is 0 Å². The van der Waals surface area contributed by atoms with Crippen molar-refractivity contribution in [3.63, 3.8) is 0 Å². The first-order valence-corrected chi connectivity index (χ1v) is 15.0. The Bertz CT molecular complexity index is 2750. The smallest absolute Gasteiger partial charge is 0.124 e. The van der Waals surface area contributed by atoms with Gasteiger partial charge in [-0.2, -0.15) is 0 Å². The molecule has 45 heavy (non-hydrogen) atoms. The van der Waals surface area contributed by atoms with Crippen LogP contribution in [0, 0.1) is 0 Å². The van der Waals surface area contributed by atoms with Crippen LogP contribution in [-0.4, -0.2) is 6.10 Å². The summed E-state index contributed by atoms with van der Waals surface area (Å²) in [7, 11) is 0. The van der Waals surface area contributed by atoms with Crippen LogP contribution in [0.4, 0.5) is 0 Å². The molecule has 1 aliphatic carbocycles. The lowest BCUT2D eigenvalue weighted by molar-refractivity contribution is 0.240. The van der Waals surface area contributed by atoms with Crippen molar-refractivity contribution in [2.45, 2.75) is 24.3 Å². The molecule has 7 aromatic rings. The molecule has 4 unspecified atom stereocenters. The molecule has 0 spiro atoms. The summed E-state index contributed by atoms with van der Waals surface area (Å²) >= 11 is 0. The normalized spacial score (nSPS) is 24.0. The zero-order valence-electron chi connectivity index (χ0n) is 35.0. The van der Waals surface area contributed by atoms with Gasteiger partial charge in [-0.1, -0.05) is 151 Å². The fourth-order valence-electron chi connectivity index (χ4n) is 6.85. The van der Waals surface area contributed by atoms with Crippen molar-refractivity contribution in [2.75, 3.05) is 0 Å². The summed E-state index contributed by atoms with van der Waals surface area (Å²) in [5.41, 5.74) is 4.14. The minimum atomic E-state index is -1.20. The van der Waals surface area contributed by atoms with Gasteiger partial charge in [0.05, 0.1) is 13.7 Å². The van der Waals surface area contributed by atoms with Crippen LogP contribution in [0.25, 0.3) is 54.9 Å². The first-order valence-electron chi connectivity index (χ1n) is 20.6. The Balaban J connectivity index is 1.27. The molecular formula is C44H32O. The molecule has 1 aliphatic heterocycles. The highest BCUT2D eigenvalue weighted by atomic mass is 16.5. The third-order valence-electron chi connectivity index (χ3n) is 8.81. The van der Waals surface area contributed by atoms with Crippen LogP contribution in [0.2, 0.25) is 0 Å². The lowest BCUT2D eigenvalue weighted by atomic mass is 9.75. The molecule has 0 saturated carbocycles. The van der Waals surface area contributed by atoms with Gasteiger partial charge < -0.3 is 4.74 Å². The van der Waals surface area contributed by atoms with E-state index in [4.69, 9.17) is 13.0 Å². The van der Waals surface area contributed by atoms with E-state index in [-0.39, 0.29) is 29.0 Å². The summed E-state index contributed by atoms with van der Waals surface area (Å²) in [6.45, 7) is 0. The molecule has 0 saturated heterocycles.